The summed E-state index contributed by atoms with van der Waals surface area (Å²) in [5, 5.41) is 20.1. The average Bonchev–Trinajstić information content (AvgIpc) is 3.02. The molecule has 0 radical (unpaired) electrons. The molecule has 0 spiro atoms. The Morgan fingerprint density at radius 3 is 2.78 bits per heavy atom. The number of nitro benzene ring substituents is 1. The number of halogens is 3. The number of alkyl halides is 3. The number of nitro groups is 1. The number of hydrogen-bond acceptors (Lipinski definition) is 5. The van der Waals surface area contributed by atoms with Gasteiger partial charge in [-0.2, -0.15) is 13.2 Å². The van der Waals surface area contributed by atoms with Crippen LogP contribution in [-0.2, 0) is 0 Å². The van der Waals surface area contributed by atoms with Gasteiger partial charge in [-0.15, -0.1) is 0 Å². The first-order valence-electron chi connectivity index (χ1n) is 8.52. The number of anilines is 1. The molecule has 1 aromatic carbocycles. The van der Waals surface area contributed by atoms with Gasteiger partial charge in [0, 0.05) is 45.3 Å². The summed E-state index contributed by atoms with van der Waals surface area (Å²) in [5.41, 5.74) is 0.418. The molecule has 27 heavy (non-hydrogen) atoms. The number of rotatable bonds is 7. The summed E-state index contributed by atoms with van der Waals surface area (Å²) in [6.07, 6.45) is -3.59. The van der Waals surface area contributed by atoms with E-state index in [1.165, 1.54) is 11.0 Å². The Morgan fingerprint density at radius 1 is 1.37 bits per heavy atom. The molecule has 1 heterocycles. The number of hydrogen-bond donors (Lipinski definition) is 3. The summed E-state index contributed by atoms with van der Waals surface area (Å²) in [7, 11) is 1.58. The highest BCUT2D eigenvalue weighted by molar-refractivity contribution is 5.80. The Labute approximate surface area is 155 Å². The highest BCUT2D eigenvalue weighted by Crippen LogP contribution is 2.22. The van der Waals surface area contributed by atoms with Crippen LogP contribution in [-0.4, -0.2) is 67.8 Å². The zero-order valence-corrected chi connectivity index (χ0v) is 14.9. The van der Waals surface area contributed by atoms with Gasteiger partial charge in [0.05, 0.1) is 11.5 Å². The molecule has 8 nitrogen and oxygen atoms in total. The van der Waals surface area contributed by atoms with E-state index in [-0.39, 0.29) is 11.7 Å². The lowest BCUT2D eigenvalue weighted by molar-refractivity contribution is -0.384. The molecular formula is C16H23F3N6O2. The Morgan fingerprint density at radius 2 is 2.11 bits per heavy atom. The molecule has 0 amide bonds. The molecule has 1 saturated heterocycles. The Kier molecular flexibility index (Phi) is 7.22. The van der Waals surface area contributed by atoms with E-state index in [1.807, 2.05) is 0 Å². The van der Waals surface area contributed by atoms with Gasteiger partial charge in [-0.3, -0.25) is 20.0 Å². The van der Waals surface area contributed by atoms with Gasteiger partial charge >= 0.3 is 6.18 Å². The third-order valence-electron chi connectivity index (χ3n) is 4.07. The van der Waals surface area contributed by atoms with E-state index < -0.39 is 17.6 Å². The van der Waals surface area contributed by atoms with Gasteiger partial charge in [-0.25, -0.2) is 0 Å². The van der Waals surface area contributed by atoms with E-state index >= 15 is 0 Å². The molecule has 0 aromatic heterocycles. The van der Waals surface area contributed by atoms with Crippen LogP contribution in [0.5, 0.6) is 0 Å². The number of aliphatic imine (C=N–C) groups is 1. The van der Waals surface area contributed by atoms with Crippen LogP contribution in [0.15, 0.2) is 29.3 Å². The SMILES string of the molecule is CN=C(NCCNc1ccccc1[N+](=O)[O-])NC1CCN(CC(F)(F)F)C1. The van der Waals surface area contributed by atoms with Gasteiger partial charge in [-0.05, 0) is 12.5 Å². The molecule has 3 N–H and O–H groups in total. The maximum absolute atomic E-state index is 12.4. The van der Waals surface area contributed by atoms with Gasteiger partial charge in [0.1, 0.15) is 5.69 Å². The zero-order valence-electron chi connectivity index (χ0n) is 14.9. The van der Waals surface area contributed by atoms with E-state index in [2.05, 4.69) is 20.9 Å². The van der Waals surface area contributed by atoms with Crippen LogP contribution in [0.25, 0.3) is 0 Å². The molecule has 2 rings (SSSR count). The standard InChI is InChI=1S/C16H23F3N6O2/c1-20-15(23-12-6-9-24(10-12)11-16(17,18)19)22-8-7-21-13-4-2-3-5-14(13)25(26)27/h2-5,12,21H,6-11H2,1H3,(H2,20,22,23). The van der Waals surface area contributed by atoms with Gasteiger partial charge in [0.2, 0.25) is 0 Å². The summed E-state index contributed by atoms with van der Waals surface area (Å²) < 4.78 is 37.3. The molecule has 0 saturated carbocycles. The first kappa shape index (κ1) is 20.7. The fourth-order valence-corrected chi connectivity index (χ4v) is 2.90. The molecule has 150 valence electrons. The van der Waals surface area contributed by atoms with Crippen LogP contribution in [0, 0.1) is 10.1 Å². The maximum atomic E-state index is 12.4. The van der Waals surface area contributed by atoms with Crippen molar-refractivity contribution in [1.82, 2.24) is 15.5 Å². The summed E-state index contributed by atoms with van der Waals surface area (Å²) in [4.78, 5) is 15.9. The monoisotopic (exact) mass is 388 g/mol. The van der Waals surface area contributed by atoms with Gasteiger partial charge in [0.25, 0.3) is 5.69 Å². The van der Waals surface area contributed by atoms with Crippen LogP contribution >= 0.6 is 0 Å². The minimum atomic E-state index is -4.19. The van der Waals surface area contributed by atoms with Crippen molar-refractivity contribution in [3.8, 4) is 0 Å². The predicted molar refractivity (Wildman–Crippen MR) is 97.0 cm³/mol. The highest BCUT2D eigenvalue weighted by atomic mass is 19.4. The Bertz CT molecular complexity index is 668. The maximum Gasteiger partial charge on any atom is 0.401 e. The predicted octanol–water partition coefficient (Wildman–Crippen LogP) is 1.81. The van der Waals surface area contributed by atoms with E-state index in [9.17, 15) is 23.3 Å². The van der Waals surface area contributed by atoms with Crippen LogP contribution in [0.4, 0.5) is 24.5 Å². The lowest BCUT2D eigenvalue weighted by Gasteiger charge is -2.20. The fraction of sp³-hybridized carbons (Fsp3) is 0.562. The van der Waals surface area contributed by atoms with Crippen LogP contribution in [0.1, 0.15) is 6.42 Å². The lowest BCUT2D eigenvalue weighted by Crippen LogP contribution is -2.46. The average molecular weight is 388 g/mol. The van der Waals surface area contributed by atoms with Crippen LogP contribution in [0.3, 0.4) is 0 Å². The quantitative estimate of drug-likeness (QED) is 0.217. The molecule has 0 aliphatic carbocycles. The van der Waals surface area contributed by atoms with Crippen molar-refractivity contribution in [2.75, 3.05) is 45.1 Å². The second-order valence-corrected chi connectivity index (χ2v) is 6.18. The Hall–Kier alpha value is -2.56. The minimum Gasteiger partial charge on any atom is -0.378 e. The molecule has 1 fully saturated rings. The molecule has 1 aliphatic heterocycles. The highest BCUT2D eigenvalue weighted by Gasteiger charge is 2.34. The molecule has 1 atom stereocenters. The number of nitrogens with one attached hydrogen (secondary N) is 3. The molecule has 1 unspecified atom stereocenters. The van der Waals surface area contributed by atoms with Gasteiger partial charge in [-0.1, -0.05) is 12.1 Å². The molecule has 0 bridgehead atoms. The first-order chi connectivity index (χ1) is 12.8. The molecule has 1 aliphatic rings. The van der Waals surface area contributed by atoms with Crippen molar-refractivity contribution < 1.29 is 18.1 Å². The summed E-state index contributed by atoms with van der Waals surface area (Å²) >= 11 is 0. The fourth-order valence-electron chi connectivity index (χ4n) is 2.90. The van der Waals surface area contributed by atoms with Crippen LogP contribution < -0.4 is 16.0 Å². The zero-order chi connectivity index (χ0) is 19.9. The molecule has 1 aromatic rings. The van der Waals surface area contributed by atoms with E-state index in [0.29, 0.717) is 44.2 Å². The normalized spacial score (nSPS) is 18.4. The van der Waals surface area contributed by atoms with Crippen molar-refractivity contribution in [2.24, 2.45) is 4.99 Å². The third-order valence-corrected chi connectivity index (χ3v) is 4.07. The van der Waals surface area contributed by atoms with Crippen molar-refractivity contribution in [2.45, 2.75) is 18.6 Å². The van der Waals surface area contributed by atoms with E-state index in [0.717, 1.165) is 0 Å². The topological polar surface area (TPSA) is 94.8 Å². The second-order valence-electron chi connectivity index (χ2n) is 6.18. The smallest absolute Gasteiger partial charge is 0.378 e. The van der Waals surface area contributed by atoms with Crippen molar-refractivity contribution in [1.29, 1.82) is 0 Å². The van der Waals surface area contributed by atoms with E-state index in [4.69, 9.17) is 0 Å². The van der Waals surface area contributed by atoms with E-state index in [1.54, 1.807) is 25.2 Å². The number of benzene rings is 1. The van der Waals surface area contributed by atoms with Crippen LogP contribution in [0.2, 0.25) is 0 Å². The molecular weight excluding hydrogens is 365 g/mol. The van der Waals surface area contributed by atoms with Gasteiger partial charge < -0.3 is 16.0 Å². The molecule has 11 heteroatoms. The summed E-state index contributed by atoms with van der Waals surface area (Å²) in [5.74, 6) is 0.484. The first-order valence-corrected chi connectivity index (χ1v) is 8.52. The van der Waals surface area contributed by atoms with Crippen molar-refractivity contribution in [3.63, 3.8) is 0 Å². The number of nitrogens with zero attached hydrogens (tertiary/aromatic N) is 3. The minimum absolute atomic E-state index is 0.00396. The third kappa shape index (κ3) is 6.93. The summed E-state index contributed by atoms with van der Waals surface area (Å²) in [6.45, 7) is 0.625. The largest absolute Gasteiger partial charge is 0.401 e. The number of para-hydroxylation sites is 2. The lowest BCUT2D eigenvalue weighted by atomic mass is 10.2. The van der Waals surface area contributed by atoms with Crippen molar-refractivity contribution in [3.05, 3.63) is 34.4 Å². The van der Waals surface area contributed by atoms with Gasteiger partial charge in [0.15, 0.2) is 5.96 Å². The van der Waals surface area contributed by atoms with Crippen molar-refractivity contribution >= 4 is 17.3 Å². The number of guanidine groups is 1. The summed E-state index contributed by atoms with van der Waals surface area (Å²) in [6, 6.07) is 6.23. The second kappa shape index (κ2) is 9.40. The number of likely N-dealkylation sites (tertiary alicyclic amines) is 1. The Balaban J connectivity index is 1.73.